The highest BCUT2D eigenvalue weighted by Gasteiger charge is 2.39. The van der Waals surface area contributed by atoms with E-state index in [0.29, 0.717) is 12.1 Å². The molecule has 55 heavy (non-hydrogen) atoms. The van der Waals surface area contributed by atoms with Crippen LogP contribution < -0.4 is 11.1 Å². The molecule has 1 aliphatic carbocycles. The number of nitrogens with one attached hydrogen (secondary N) is 1. The van der Waals surface area contributed by atoms with E-state index in [1.807, 2.05) is 17.0 Å². The molecule has 1 saturated carbocycles. The van der Waals surface area contributed by atoms with Crippen LogP contribution in [0.2, 0.25) is 0 Å². The van der Waals surface area contributed by atoms with Gasteiger partial charge in [0.15, 0.2) is 5.82 Å². The first-order valence-corrected chi connectivity index (χ1v) is 16.3. The number of rotatable bonds is 4. The van der Waals surface area contributed by atoms with Crippen LogP contribution in [0, 0.1) is 5.92 Å². The molecular weight excluding hydrogens is 763 g/mol. The number of carboxylic acids is 3. The molecule has 0 radical (unpaired) electrons. The lowest BCUT2D eigenvalue weighted by atomic mass is 10.0. The van der Waals surface area contributed by atoms with E-state index in [1.165, 1.54) is 29.4 Å². The van der Waals surface area contributed by atoms with Crippen molar-refractivity contribution in [1.82, 2.24) is 19.0 Å². The average Bonchev–Trinajstić information content (AvgIpc) is 3.74. The molecule has 7 rings (SSSR count). The Hall–Kier alpha value is -5.54. The first kappa shape index (κ1) is 42.2. The number of amides is 1. The maximum atomic E-state index is 13.3. The number of carbonyl (C=O) groups is 4. The number of hydrogen-bond donors (Lipinski definition) is 5. The van der Waals surface area contributed by atoms with Crippen molar-refractivity contribution in [2.24, 2.45) is 11.7 Å². The maximum absolute atomic E-state index is 13.3. The fourth-order valence-corrected chi connectivity index (χ4v) is 5.77. The molecule has 4 heterocycles. The number of anilines is 1. The quantitative estimate of drug-likeness (QED) is 0.154. The van der Waals surface area contributed by atoms with Gasteiger partial charge in [0.2, 0.25) is 0 Å². The molecule has 3 aliphatic rings. The van der Waals surface area contributed by atoms with E-state index < -0.39 is 36.4 Å². The van der Waals surface area contributed by atoms with E-state index >= 15 is 0 Å². The number of carbonyl (C=O) groups excluding carboxylic acids is 1. The maximum Gasteiger partial charge on any atom is 0.490 e. The standard InChI is InChI=1S/C27H30N6O.3C2HF3O2/c28-20-5-3-10-31(16-20)27(34)19-12-21-25-22(13-19)30-26(32(25)11-9-29-21)24-14-18-4-1-2-6-23(18)33(24)15-17-7-8-17;3*3-2(4,5)1(6)7/h1-2,4,6,12-14,17,20,29H,3,5,7-11,15-16,28H2;3*(H,6,7)/t20-;;;/m1.../s1. The summed E-state index contributed by atoms with van der Waals surface area (Å²) in [5, 5.41) is 26.1. The van der Waals surface area contributed by atoms with Gasteiger partial charge in [-0.3, -0.25) is 4.79 Å². The van der Waals surface area contributed by atoms with E-state index in [-0.39, 0.29) is 11.9 Å². The lowest BCUT2D eigenvalue weighted by molar-refractivity contribution is -0.193. The minimum Gasteiger partial charge on any atom is -0.475 e. The number of nitrogens with two attached hydrogens (primary N) is 1. The minimum absolute atomic E-state index is 0.0552. The van der Waals surface area contributed by atoms with Gasteiger partial charge >= 0.3 is 36.4 Å². The zero-order valence-electron chi connectivity index (χ0n) is 28.3. The smallest absolute Gasteiger partial charge is 0.475 e. The van der Waals surface area contributed by atoms with E-state index in [0.717, 1.165) is 67.5 Å². The van der Waals surface area contributed by atoms with Crippen molar-refractivity contribution < 1.29 is 74.0 Å². The molecule has 2 aromatic heterocycles. The highest BCUT2D eigenvalue weighted by atomic mass is 19.4. The molecule has 0 unspecified atom stereocenters. The Morgan fingerprint density at radius 3 is 1.91 bits per heavy atom. The normalized spacial score (nSPS) is 16.8. The van der Waals surface area contributed by atoms with Crippen LogP contribution in [-0.2, 0) is 27.5 Å². The Kier molecular flexibility index (Phi) is 12.6. The SMILES string of the molecule is N[C@@H]1CCCN(C(=O)c2cc3c4c(c2)nc(-c2cc5ccccc5n2CC2CC2)n4CCN3)C1.O=C(O)C(F)(F)F.O=C(O)C(F)(F)F.O=C(O)C(F)(F)F. The molecule has 22 heteroatoms. The molecule has 4 aromatic rings. The molecule has 2 fully saturated rings. The summed E-state index contributed by atoms with van der Waals surface area (Å²) < 4.78 is 100. The number of hydrogen-bond acceptors (Lipinski definition) is 7. The van der Waals surface area contributed by atoms with Gasteiger partial charge in [-0.25, -0.2) is 19.4 Å². The molecular formula is C33H33F9N6O7. The molecule has 2 aliphatic heterocycles. The lowest BCUT2D eigenvalue weighted by Crippen LogP contribution is -2.45. The van der Waals surface area contributed by atoms with Gasteiger partial charge in [0, 0.05) is 55.2 Å². The van der Waals surface area contributed by atoms with Crippen LogP contribution in [0.25, 0.3) is 33.5 Å². The van der Waals surface area contributed by atoms with Crippen LogP contribution in [0.1, 0.15) is 36.0 Å². The second kappa shape index (κ2) is 16.4. The summed E-state index contributed by atoms with van der Waals surface area (Å²) in [6, 6.07) is 15.0. The number of para-hydroxylation sites is 1. The lowest BCUT2D eigenvalue weighted by Gasteiger charge is -2.31. The first-order chi connectivity index (χ1) is 25.5. The molecule has 2 aromatic carbocycles. The van der Waals surface area contributed by atoms with Gasteiger partial charge in [-0.2, -0.15) is 39.5 Å². The van der Waals surface area contributed by atoms with E-state index in [2.05, 4.69) is 44.8 Å². The average molecular weight is 797 g/mol. The fourth-order valence-electron chi connectivity index (χ4n) is 5.77. The van der Waals surface area contributed by atoms with Crippen LogP contribution in [-0.4, -0.2) is 102 Å². The summed E-state index contributed by atoms with van der Waals surface area (Å²) in [6.07, 6.45) is -10.7. The summed E-state index contributed by atoms with van der Waals surface area (Å²) in [7, 11) is 0. The Balaban J connectivity index is 0.000000264. The van der Waals surface area contributed by atoms with Gasteiger partial charge < -0.3 is 40.4 Å². The van der Waals surface area contributed by atoms with Crippen molar-refractivity contribution >= 4 is 51.4 Å². The Labute approximate surface area is 304 Å². The molecule has 6 N–H and O–H groups in total. The largest absolute Gasteiger partial charge is 0.490 e. The van der Waals surface area contributed by atoms with Crippen molar-refractivity contribution in [3.05, 3.63) is 48.0 Å². The topological polar surface area (TPSA) is 193 Å². The van der Waals surface area contributed by atoms with Crippen LogP contribution >= 0.6 is 0 Å². The predicted molar refractivity (Wildman–Crippen MR) is 176 cm³/mol. The minimum atomic E-state index is -5.08. The Bertz CT molecular complexity index is 2000. The number of halogens is 9. The van der Waals surface area contributed by atoms with Crippen molar-refractivity contribution in [2.75, 3.05) is 25.0 Å². The van der Waals surface area contributed by atoms with Crippen molar-refractivity contribution in [3.8, 4) is 11.5 Å². The number of nitrogens with zero attached hydrogens (tertiary/aromatic N) is 4. The molecule has 300 valence electrons. The third-order valence-corrected chi connectivity index (χ3v) is 8.39. The molecule has 0 bridgehead atoms. The number of aromatic nitrogens is 3. The van der Waals surface area contributed by atoms with E-state index in [4.69, 9.17) is 40.4 Å². The number of fused-ring (bicyclic) bond motifs is 1. The second-order valence-corrected chi connectivity index (χ2v) is 12.6. The van der Waals surface area contributed by atoms with Crippen LogP contribution in [0.3, 0.4) is 0 Å². The van der Waals surface area contributed by atoms with Crippen LogP contribution in [0.5, 0.6) is 0 Å². The molecule has 1 atom stereocenters. The number of imidazole rings is 1. The van der Waals surface area contributed by atoms with Gasteiger partial charge in [-0.1, -0.05) is 18.2 Å². The number of alkyl halides is 9. The zero-order valence-corrected chi connectivity index (χ0v) is 28.3. The van der Waals surface area contributed by atoms with Gasteiger partial charge in [-0.05, 0) is 55.9 Å². The Morgan fingerprint density at radius 1 is 0.818 bits per heavy atom. The summed E-state index contributed by atoms with van der Waals surface area (Å²) in [4.78, 5) is 47.1. The summed E-state index contributed by atoms with van der Waals surface area (Å²) in [5.74, 6) is -6.45. The second-order valence-electron chi connectivity index (χ2n) is 12.6. The van der Waals surface area contributed by atoms with Crippen LogP contribution in [0.15, 0.2) is 42.5 Å². The first-order valence-electron chi connectivity index (χ1n) is 16.3. The highest BCUT2D eigenvalue weighted by molar-refractivity contribution is 6.03. The summed E-state index contributed by atoms with van der Waals surface area (Å²) in [5.41, 5.74) is 12.3. The number of aliphatic carboxylic acids is 3. The zero-order chi connectivity index (χ0) is 41.0. The van der Waals surface area contributed by atoms with E-state index in [1.54, 1.807) is 0 Å². The third kappa shape index (κ3) is 10.8. The fraction of sp³-hybridized carbons (Fsp3) is 0.424. The van der Waals surface area contributed by atoms with Crippen LogP contribution in [0.4, 0.5) is 45.2 Å². The number of benzene rings is 2. The van der Waals surface area contributed by atoms with Crippen molar-refractivity contribution in [1.29, 1.82) is 0 Å². The van der Waals surface area contributed by atoms with Crippen molar-refractivity contribution in [2.45, 2.75) is 63.3 Å². The number of piperidine rings is 1. The van der Waals surface area contributed by atoms with E-state index in [9.17, 15) is 44.3 Å². The van der Waals surface area contributed by atoms with Crippen molar-refractivity contribution in [3.63, 3.8) is 0 Å². The highest BCUT2D eigenvalue weighted by Crippen LogP contribution is 2.38. The van der Waals surface area contributed by atoms with Gasteiger partial charge in [-0.15, -0.1) is 0 Å². The summed E-state index contributed by atoms with van der Waals surface area (Å²) in [6.45, 7) is 4.11. The predicted octanol–water partition coefficient (Wildman–Crippen LogP) is 5.96. The molecule has 1 amide bonds. The van der Waals surface area contributed by atoms with Gasteiger partial charge in [0.25, 0.3) is 5.91 Å². The molecule has 1 saturated heterocycles. The molecule has 0 spiro atoms. The summed E-state index contributed by atoms with van der Waals surface area (Å²) >= 11 is 0. The Morgan fingerprint density at radius 2 is 1.38 bits per heavy atom. The van der Waals surface area contributed by atoms with Gasteiger partial charge in [0.1, 0.15) is 0 Å². The molecule has 13 nitrogen and oxygen atoms in total. The third-order valence-electron chi connectivity index (χ3n) is 8.39. The monoisotopic (exact) mass is 796 g/mol. The number of likely N-dealkylation sites (tertiary alicyclic amines) is 1. The number of carboxylic acid groups (broad SMARTS) is 3. The van der Waals surface area contributed by atoms with Gasteiger partial charge in [0.05, 0.1) is 22.4 Å².